The van der Waals surface area contributed by atoms with E-state index in [4.69, 9.17) is 10.2 Å². The molecule has 5 rings (SSSR count). The molecule has 1 aromatic heterocycles. The first-order chi connectivity index (χ1) is 9.19. The molecule has 0 saturated heterocycles. The van der Waals surface area contributed by atoms with Gasteiger partial charge in [0.1, 0.15) is 11.5 Å². The van der Waals surface area contributed by atoms with Crippen molar-refractivity contribution in [1.82, 2.24) is 0 Å². The average Bonchev–Trinajstić information content (AvgIpc) is 2.73. The van der Waals surface area contributed by atoms with E-state index in [-0.39, 0.29) is 0 Å². The highest BCUT2D eigenvalue weighted by atomic mass is 16.3. The fourth-order valence-electron chi connectivity index (χ4n) is 5.63. The largest absolute Gasteiger partial charge is 0.466 e. The molecule has 2 nitrogen and oxygen atoms in total. The number of furan rings is 1. The van der Waals surface area contributed by atoms with Gasteiger partial charge in [-0.05, 0) is 80.8 Å². The predicted octanol–water partition coefficient (Wildman–Crippen LogP) is 3.53. The SMILES string of the molecule is Cc1ccc(CC(N)C2C3CC4CC(C3)CC2C4)o1. The van der Waals surface area contributed by atoms with Gasteiger partial charge in [0.05, 0.1) is 0 Å². The van der Waals surface area contributed by atoms with Crippen molar-refractivity contribution in [3.05, 3.63) is 23.7 Å². The first-order valence-electron chi connectivity index (χ1n) is 8.00. The topological polar surface area (TPSA) is 39.2 Å². The molecule has 2 heteroatoms. The summed E-state index contributed by atoms with van der Waals surface area (Å²) in [5.74, 6) is 6.77. The molecule has 19 heavy (non-hydrogen) atoms. The molecule has 0 amide bonds. The van der Waals surface area contributed by atoms with E-state index in [0.29, 0.717) is 6.04 Å². The molecule has 1 aromatic rings. The maximum atomic E-state index is 6.58. The van der Waals surface area contributed by atoms with Crippen molar-refractivity contribution in [3.63, 3.8) is 0 Å². The molecule has 104 valence electrons. The van der Waals surface area contributed by atoms with Crippen LogP contribution < -0.4 is 5.73 Å². The van der Waals surface area contributed by atoms with Crippen molar-refractivity contribution < 1.29 is 4.42 Å². The van der Waals surface area contributed by atoms with Crippen molar-refractivity contribution in [2.75, 3.05) is 0 Å². The Bertz CT molecular complexity index is 436. The molecule has 4 bridgehead atoms. The van der Waals surface area contributed by atoms with E-state index in [0.717, 1.165) is 47.5 Å². The Morgan fingerprint density at radius 3 is 2.26 bits per heavy atom. The second-order valence-electron chi connectivity index (χ2n) is 7.39. The Morgan fingerprint density at radius 1 is 1.11 bits per heavy atom. The summed E-state index contributed by atoms with van der Waals surface area (Å²) < 4.78 is 5.72. The molecule has 4 aliphatic carbocycles. The van der Waals surface area contributed by atoms with Gasteiger partial charge in [0.25, 0.3) is 0 Å². The van der Waals surface area contributed by atoms with Gasteiger partial charge in [-0.1, -0.05) is 0 Å². The Hall–Kier alpha value is -0.760. The van der Waals surface area contributed by atoms with Crippen molar-refractivity contribution in [2.24, 2.45) is 35.3 Å². The van der Waals surface area contributed by atoms with E-state index in [1.54, 1.807) is 0 Å². The van der Waals surface area contributed by atoms with Gasteiger partial charge < -0.3 is 10.2 Å². The molecular weight excluding hydrogens is 234 g/mol. The van der Waals surface area contributed by atoms with E-state index in [1.807, 2.05) is 6.92 Å². The van der Waals surface area contributed by atoms with Gasteiger partial charge in [-0.15, -0.1) is 0 Å². The summed E-state index contributed by atoms with van der Waals surface area (Å²) in [5.41, 5.74) is 6.58. The zero-order valence-electron chi connectivity index (χ0n) is 11.8. The van der Waals surface area contributed by atoms with E-state index in [2.05, 4.69) is 12.1 Å². The average molecular weight is 259 g/mol. The van der Waals surface area contributed by atoms with Crippen LogP contribution in [0.5, 0.6) is 0 Å². The van der Waals surface area contributed by atoms with Crippen LogP contribution in [0.25, 0.3) is 0 Å². The lowest BCUT2D eigenvalue weighted by molar-refractivity contribution is -0.0469. The van der Waals surface area contributed by atoms with Gasteiger partial charge in [0.15, 0.2) is 0 Å². The summed E-state index contributed by atoms with van der Waals surface area (Å²) in [5, 5.41) is 0. The molecule has 0 aromatic carbocycles. The van der Waals surface area contributed by atoms with Crippen LogP contribution in [0.4, 0.5) is 0 Å². The zero-order valence-corrected chi connectivity index (χ0v) is 11.8. The number of hydrogen-bond donors (Lipinski definition) is 1. The van der Waals surface area contributed by atoms with Crippen LogP contribution in [-0.4, -0.2) is 6.04 Å². The minimum Gasteiger partial charge on any atom is -0.466 e. The van der Waals surface area contributed by atoms with Crippen LogP contribution in [0.2, 0.25) is 0 Å². The molecule has 0 radical (unpaired) electrons. The van der Waals surface area contributed by atoms with Crippen LogP contribution in [0.15, 0.2) is 16.5 Å². The molecule has 4 saturated carbocycles. The zero-order chi connectivity index (χ0) is 13.0. The van der Waals surface area contributed by atoms with E-state index in [1.165, 1.54) is 32.1 Å². The van der Waals surface area contributed by atoms with Crippen LogP contribution in [-0.2, 0) is 6.42 Å². The fourth-order valence-corrected chi connectivity index (χ4v) is 5.63. The third-order valence-electron chi connectivity index (χ3n) is 6.03. The summed E-state index contributed by atoms with van der Waals surface area (Å²) >= 11 is 0. The van der Waals surface area contributed by atoms with Gasteiger partial charge in [-0.2, -0.15) is 0 Å². The van der Waals surface area contributed by atoms with Gasteiger partial charge in [-0.25, -0.2) is 0 Å². The molecule has 1 atom stereocenters. The third-order valence-corrected chi connectivity index (χ3v) is 6.03. The first kappa shape index (κ1) is 12.0. The highest BCUT2D eigenvalue weighted by molar-refractivity contribution is 5.09. The molecule has 1 unspecified atom stereocenters. The number of nitrogens with two attached hydrogens (primary N) is 1. The van der Waals surface area contributed by atoms with Crippen molar-refractivity contribution in [1.29, 1.82) is 0 Å². The Balaban J connectivity index is 1.49. The minimum absolute atomic E-state index is 0.306. The molecular formula is C17H25NO. The number of rotatable bonds is 3. The van der Waals surface area contributed by atoms with Crippen LogP contribution in [0.1, 0.15) is 43.6 Å². The highest BCUT2D eigenvalue weighted by Crippen LogP contribution is 2.57. The van der Waals surface area contributed by atoms with Crippen molar-refractivity contribution >= 4 is 0 Å². The lowest BCUT2D eigenvalue weighted by Crippen LogP contribution is -2.52. The summed E-state index contributed by atoms with van der Waals surface area (Å²) in [6.45, 7) is 2.01. The summed E-state index contributed by atoms with van der Waals surface area (Å²) in [6, 6.07) is 4.46. The monoisotopic (exact) mass is 259 g/mol. The first-order valence-corrected chi connectivity index (χ1v) is 8.00. The molecule has 0 aliphatic heterocycles. The molecule has 0 spiro atoms. The Kier molecular flexibility index (Phi) is 2.77. The smallest absolute Gasteiger partial charge is 0.105 e. The standard InChI is InChI=1S/C17H25NO/c1-10-2-3-15(19-10)9-16(18)17-13-5-11-4-12(7-13)8-14(17)6-11/h2-3,11-14,16-17H,4-9,18H2,1H3. The lowest BCUT2D eigenvalue weighted by Gasteiger charge is -2.56. The van der Waals surface area contributed by atoms with Crippen molar-refractivity contribution in [2.45, 2.75) is 51.5 Å². The third kappa shape index (κ3) is 2.05. The van der Waals surface area contributed by atoms with E-state index < -0.39 is 0 Å². The predicted molar refractivity (Wildman–Crippen MR) is 75.7 cm³/mol. The maximum Gasteiger partial charge on any atom is 0.105 e. The quantitative estimate of drug-likeness (QED) is 0.902. The summed E-state index contributed by atoms with van der Waals surface area (Å²) in [4.78, 5) is 0. The Labute approximate surface area is 115 Å². The van der Waals surface area contributed by atoms with Crippen molar-refractivity contribution in [3.8, 4) is 0 Å². The van der Waals surface area contributed by atoms with Gasteiger partial charge in [0.2, 0.25) is 0 Å². The molecule has 1 heterocycles. The molecule has 2 N–H and O–H groups in total. The second kappa shape index (κ2) is 4.37. The number of aryl methyl sites for hydroxylation is 1. The van der Waals surface area contributed by atoms with E-state index in [9.17, 15) is 0 Å². The van der Waals surface area contributed by atoms with Gasteiger partial charge >= 0.3 is 0 Å². The van der Waals surface area contributed by atoms with Gasteiger partial charge in [-0.3, -0.25) is 0 Å². The fraction of sp³-hybridized carbons (Fsp3) is 0.765. The highest BCUT2D eigenvalue weighted by Gasteiger charge is 2.49. The Morgan fingerprint density at radius 2 is 1.74 bits per heavy atom. The van der Waals surface area contributed by atoms with Gasteiger partial charge in [0, 0.05) is 12.5 Å². The summed E-state index contributed by atoms with van der Waals surface area (Å²) in [7, 11) is 0. The minimum atomic E-state index is 0.306. The maximum absolute atomic E-state index is 6.58. The molecule has 4 fully saturated rings. The van der Waals surface area contributed by atoms with E-state index >= 15 is 0 Å². The summed E-state index contributed by atoms with van der Waals surface area (Å²) in [6.07, 6.45) is 8.30. The normalized spacial score (nSPS) is 41.7. The van der Waals surface area contributed by atoms with Crippen LogP contribution in [0.3, 0.4) is 0 Å². The molecule has 4 aliphatic rings. The lowest BCUT2D eigenvalue weighted by atomic mass is 9.50. The van der Waals surface area contributed by atoms with Crippen LogP contribution >= 0.6 is 0 Å². The van der Waals surface area contributed by atoms with Crippen LogP contribution in [0, 0.1) is 36.5 Å². The second-order valence-corrected chi connectivity index (χ2v) is 7.39. The number of hydrogen-bond acceptors (Lipinski definition) is 2.